The van der Waals surface area contributed by atoms with Gasteiger partial charge in [-0.2, -0.15) is 8.42 Å². The summed E-state index contributed by atoms with van der Waals surface area (Å²) in [6.07, 6.45) is 0. The number of nitrogens with one attached hydrogen (secondary N) is 1. The molecule has 2 heterocycles. The Morgan fingerprint density at radius 1 is 1.10 bits per heavy atom. The van der Waals surface area contributed by atoms with Crippen LogP contribution in [0.3, 0.4) is 0 Å². The molecule has 1 N–H and O–H groups in total. The van der Waals surface area contributed by atoms with Crippen LogP contribution in [-0.4, -0.2) is 18.1 Å². The van der Waals surface area contributed by atoms with Crippen LogP contribution in [0.15, 0.2) is 56.3 Å². The van der Waals surface area contributed by atoms with Crippen molar-refractivity contribution in [2.75, 3.05) is 0 Å². The van der Waals surface area contributed by atoms with Crippen LogP contribution in [-0.2, 0) is 10.1 Å². The van der Waals surface area contributed by atoms with E-state index in [4.69, 9.17) is 0 Å². The van der Waals surface area contributed by atoms with Gasteiger partial charge in [-0.3, -0.25) is 14.1 Å². The van der Waals surface area contributed by atoms with Crippen molar-refractivity contribution in [1.82, 2.24) is 9.71 Å². The van der Waals surface area contributed by atoms with E-state index in [-0.39, 0.29) is 15.0 Å². The first kappa shape index (κ1) is 13.6. The highest BCUT2D eigenvalue weighted by Crippen LogP contribution is 2.12. The summed E-state index contributed by atoms with van der Waals surface area (Å²) in [7, 11) is -4.26. The van der Waals surface area contributed by atoms with E-state index in [1.165, 1.54) is 30.3 Å². The molecule has 21 heavy (non-hydrogen) atoms. The summed E-state index contributed by atoms with van der Waals surface area (Å²) >= 11 is 1.16. The summed E-state index contributed by atoms with van der Waals surface area (Å²) < 4.78 is 29.0. The molecule has 0 saturated carbocycles. The molecule has 0 aliphatic heterocycles. The molecule has 0 aliphatic rings. The van der Waals surface area contributed by atoms with Crippen molar-refractivity contribution in [3.05, 3.63) is 62.6 Å². The maximum atomic E-state index is 12.1. The van der Waals surface area contributed by atoms with Gasteiger partial charge in [-0.05, 0) is 23.6 Å². The first-order valence-corrected chi connectivity index (χ1v) is 8.00. The number of thiophene rings is 1. The fraction of sp³-hybridized carbons (Fsp3) is 0. The summed E-state index contributed by atoms with van der Waals surface area (Å²) in [4.78, 5) is 26.5. The van der Waals surface area contributed by atoms with Crippen LogP contribution < -0.4 is 15.5 Å². The second-order valence-corrected chi connectivity index (χ2v) is 6.48. The van der Waals surface area contributed by atoms with E-state index in [0.29, 0.717) is 4.83 Å². The number of rotatable bonds is 3. The van der Waals surface area contributed by atoms with Gasteiger partial charge >= 0.3 is 15.8 Å². The van der Waals surface area contributed by atoms with Gasteiger partial charge in [0.25, 0.3) is 5.56 Å². The van der Waals surface area contributed by atoms with Crippen molar-refractivity contribution in [3.8, 4) is 0 Å². The molecule has 3 rings (SSSR count). The Kier molecular flexibility index (Phi) is 3.15. The minimum atomic E-state index is -4.26. The van der Waals surface area contributed by atoms with Crippen LogP contribution in [0.5, 0.6) is 0 Å². The zero-order chi connectivity index (χ0) is 15.0. The van der Waals surface area contributed by atoms with Crippen LogP contribution in [0, 0.1) is 0 Å². The van der Waals surface area contributed by atoms with Gasteiger partial charge < -0.3 is 0 Å². The number of hydrogen-bond donors (Lipinski definition) is 1. The molecule has 0 atom stereocenters. The number of H-pyrrole nitrogens is 1. The molecule has 2 aromatic heterocycles. The Bertz CT molecular complexity index is 1010. The summed E-state index contributed by atoms with van der Waals surface area (Å²) in [6.45, 7) is 0. The van der Waals surface area contributed by atoms with E-state index < -0.39 is 21.4 Å². The molecule has 0 aliphatic carbocycles. The Morgan fingerprint density at radius 2 is 1.81 bits per heavy atom. The maximum Gasteiger partial charge on any atom is 0.364 e. The lowest BCUT2D eigenvalue weighted by atomic mass is 10.4. The van der Waals surface area contributed by atoms with Crippen LogP contribution in [0.4, 0.5) is 0 Å². The van der Waals surface area contributed by atoms with Gasteiger partial charge in [0.2, 0.25) is 0 Å². The lowest BCUT2D eigenvalue weighted by Crippen LogP contribution is -2.41. The fourth-order valence-electron chi connectivity index (χ4n) is 1.72. The van der Waals surface area contributed by atoms with Crippen molar-refractivity contribution in [1.29, 1.82) is 0 Å². The number of hydrogen-bond acceptors (Lipinski definition) is 6. The van der Waals surface area contributed by atoms with Gasteiger partial charge in [0.1, 0.15) is 9.73 Å². The first-order valence-electron chi connectivity index (χ1n) is 5.71. The molecule has 3 aromatic rings. The SMILES string of the molecule is O=c1[nH]c2sccc2c(=O)n1OS(=O)(=O)c1ccccc1. The number of benzene rings is 1. The molecule has 7 nitrogen and oxygen atoms in total. The normalized spacial score (nSPS) is 11.6. The van der Waals surface area contributed by atoms with E-state index in [9.17, 15) is 18.0 Å². The molecule has 0 unspecified atom stereocenters. The minimum absolute atomic E-state index is 0.151. The van der Waals surface area contributed by atoms with Gasteiger partial charge in [0.05, 0.1) is 5.39 Å². The second-order valence-electron chi connectivity index (χ2n) is 4.03. The molecule has 0 bridgehead atoms. The fourth-order valence-corrected chi connectivity index (χ4v) is 3.40. The van der Waals surface area contributed by atoms with Crippen molar-refractivity contribution in [2.24, 2.45) is 0 Å². The Hall–Kier alpha value is -2.39. The number of aromatic nitrogens is 2. The van der Waals surface area contributed by atoms with Gasteiger partial charge in [-0.1, -0.05) is 22.9 Å². The first-order chi connectivity index (χ1) is 9.99. The van der Waals surface area contributed by atoms with Gasteiger partial charge in [0.15, 0.2) is 0 Å². The van der Waals surface area contributed by atoms with Crippen LogP contribution in [0.1, 0.15) is 0 Å². The topological polar surface area (TPSA) is 98.2 Å². The largest absolute Gasteiger partial charge is 0.364 e. The summed E-state index contributed by atoms with van der Waals surface area (Å²) in [5, 5.41) is 1.79. The summed E-state index contributed by atoms with van der Waals surface area (Å²) in [6, 6.07) is 8.73. The number of fused-ring (bicyclic) bond motifs is 1. The molecule has 0 amide bonds. The zero-order valence-electron chi connectivity index (χ0n) is 10.3. The zero-order valence-corrected chi connectivity index (χ0v) is 12.0. The predicted molar refractivity (Wildman–Crippen MR) is 76.9 cm³/mol. The van der Waals surface area contributed by atoms with E-state index in [2.05, 4.69) is 9.27 Å². The van der Waals surface area contributed by atoms with Crippen LogP contribution >= 0.6 is 11.3 Å². The maximum absolute atomic E-state index is 12.1. The third-order valence-electron chi connectivity index (χ3n) is 2.69. The van der Waals surface area contributed by atoms with Gasteiger partial charge in [-0.15, -0.1) is 11.3 Å². The lowest BCUT2D eigenvalue weighted by molar-refractivity contribution is 0.254. The Balaban J connectivity index is 2.15. The highest BCUT2D eigenvalue weighted by atomic mass is 32.2. The standard InChI is InChI=1S/C12H8N2O5S2/c15-11-9-6-7-20-10(9)13-12(16)14(11)19-21(17,18)8-4-2-1-3-5-8/h1-7H,(H,13,16). The third kappa shape index (κ3) is 2.36. The van der Waals surface area contributed by atoms with Crippen molar-refractivity contribution >= 4 is 31.7 Å². The summed E-state index contributed by atoms with van der Waals surface area (Å²) in [5.74, 6) is 0. The average Bonchev–Trinajstić information content (AvgIpc) is 2.93. The quantitative estimate of drug-likeness (QED) is 0.759. The summed E-state index contributed by atoms with van der Waals surface area (Å²) in [5.41, 5.74) is -1.77. The second kappa shape index (κ2) is 4.86. The molecular weight excluding hydrogens is 316 g/mol. The van der Waals surface area contributed by atoms with Gasteiger partial charge in [0, 0.05) is 0 Å². The molecular formula is C12H8N2O5S2. The minimum Gasteiger partial charge on any atom is -0.296 e. The Labute approximate surface area is 122 Å². The van der Waals surface area contributed by atoms with Gasteiger partial charge in [-0.25, -0.2) is 4.79 Å². The van der Waals surface area contributed by atoms with E-state index in [1.54, 1.807) is 11.4 Å². The molecule has 108 valence electrons. The molecule has 0 fully saturated rings. The lowest BCUT2D eigenvalue weighted by Gasteiger charge is -2.07. The number of nitrogens with zero attached hydrogens (tertiary/aromatic N) is 1. The van der Waals surface area contributed by atoms with Crippen LogP contribution in [0.25, 0.3) is 10.2 Å². The van der Waals surface area contributed by atoms with E-state index >= 15 is 0 Å². The highest BCUT2D eigenvalue weighted by molar-refractivity contribution is 7.87. The number of aromatic amines is 1. The van der Waals surface area contributed by atoms with E-state index in [0.717, 1.165) is 11.3 Å². The molecule has 9 heteroatoms. The smallest absolute Gasteiger partial charge is 0.296 e. The van der Waals surface area contributed by atoms with Crippen LogP contribution in [0.2, 0.25) is 0 Å². The van der Waals surface area contributed by atoms with Crippen molar-refractivity contribution < 1.29 is 12.7 Å². The van der Waals surface area contributed by atoms with E-state index in [1.807, 2.05) is 0 Å². The molecule has 0 saturated heterocycles. The Morgan fingerprint density at radius 3 is 2.52 bits per heavy atom. The highest BCUT2D eigenvalue weighted by Gasteiger charge is 2.20. The molecule has 1 aromatic carbocycles. The predicted octanol–water partition coefficient (Wildman–Crippen LogP) is 0.569. The van der Waals surface area contributed by atoms with Crippen molar-refractivity contribution in [2.45, 2.75) is 4.90 Å². The molecule has 0 radical (unpaired) electrons. The monoisotopic (exact) mass is 324 g/mol. The molecule has 0 spiro atoms. The third-order valence-corrected chi connectivity index (χ3v) is 4.71. The average molecular weight is 324 g/mol. The van der Waals surface area contributed by atoms with Crippen molar-refractivity contribution in [3.63, 3.8) is 0 Å².